The van der Waals surface area contributed by atoms with Gasteiger partial charge >= 0.3 is 0 Å². The van der Waals surface area contributed by atoms with Crippen LogP contribution in [-0.4, -0.2) is 34.6 Å². The van der Waals surface area contributed by atoms with E-state index >= 15 is 0 Å². The van der Waals surface area contributed by atoms with Crippen molar-refractivity contribution in [3.05, 3.63) is 18.0 Å². The van der Waals surface area contributed by atoms with Crippen molar-refractivity contribution in [3.63, 3.8) is 0 Å². The highest BCUT2D eigenvalue weighted by molar-refractivity contribution is 5.00. The summed E-state index contributed by atoms with van der Waals surface area (Å²) in [6, 6.07) is 2.69. The lowest BCUT2D eigenvalue weighted by Gasteiger charge is -2.40. The van der Waals surface area contributed by atoms with Crippen LogP contribution in [0.2, 0.25) is 0 Å². The molecule has 4 heteroatoms. The van der Waals surface area contributed by atoms with Gasteiger partial charge in [0, 0.05) is 44.6 Å². The van der Waals surface area contributed by atoms with Crippen LogP contribution in [-0.2, 0) is 18.2 Å². The van der Waals surface area contributed by atoms with Crippen molar-refractivity contribution in [2.45, 2.75) is 57.6 Å². The molecule has 108 valence electrons. The van der Waals surface area contributed by atoms with Gasteiger partial charge in [-0.15, -0.1) is 0 Å². The lowest BCUT2D eigenvalue weighted by atomic mass is 9.86. The van der Waals surface area contributed by atoms with Crippen LogP contribution in [0.4, 0.5) is 0 Å². The number of aromatic nitrogens is 2. The van der Waals surface area contributed by atoms with Gasteiger partial charge in [-0.1, -0.05) is 13.8 Å². The SMILES string of the molecule is CCC1(CC)CC(NCCc2ccnn2C)CCO1. The third kappa shape index (κ3) is 3.57. The molecule has 1 fully saturated rings. The molecule has 1 unspecified atom stereocenters. The van der Waals surface area contributed by atoms with E-state index in [0.29, 0.717) is 6.04 Å². The van der Waals surface area contributed by atoms with Gasteiger partial charge < -0.3 is 10.1 Å². The zero-order valence-electron chi connectivity index (χ0n) is 12.5. The standard InChI is InChI=1S/C15H27N3O/c1-4-15(5-2)12-13(8-11-19-15)16-9-6-14-7-10-17-18(14)3/h7,10,13,16H,4-6,8-9,11-12H2,1-3H3. The van der Waals surface area contributed by atoms with E-state index in [9.17, 15) is 0 Å². The van der Waals surface area contributed by atoms with Gasteiger partial charge in [0.2, 0.25) is 0 Å². The third-order valence-corrected chi connectivity index (χ3v) is 4.52. The molecule has 2 rings (SSSR count). The van der Waals surface area contributed by atoms with Crippen LogP contribution < -0.4 is 5.32 Å². The maximum Gasteiger partial charge on any atom is 0.0692 e. The first-order valence-corrected chi connectivity index (χ1v) is 7.53. The monoisotopic (exact) mass is 265 g/mol. The minimum absolute atomic E-state index is 0.114. The summed E-state index contributed by atoms with van der Waals surface area (Å²) in [6.45, 7) is 6.39. The Balaban J connectivity index is 1.78. The molecule has 4 nitrogen and oxygen atoms in total. The molecule has 0 saturated carbocycles. The number of nitrogens with one attached hydrogen (secondary N) is 1. The largest absolute Gasteiger partial charge is 0.375 e. The molecule has 19 heavy (non-hydrogen) atoms. The van der Waals surface area contributed by atoms with Gasteiger partial charge in [-0.05, 0) is 31.7 Å². The summed E-state index contributed by atoms with van der Waals surface area (Å²) < 4.78 is 7.96. The van der Waals surface area contributed by atoms with Gasteiger partial charge in [0.25, 0.3) is 0 Å². The first kappa shape index (κ1) is 14.5. The Morgan fingerprint density at radius 2 is 2.26 bits per heavy atom. The number of hydrogen-bond acceptors (Lipinski definition) is 3. The Kier molecular flexibility index (Phi) is 4.99. The van der Waals surface area contributed by atoms with Crippen molar-refractivity contribution in [2.75, 3.05) is 13.2 Å². The van der Waals surface area contributed by atoms with E-state index in [-0.39, 0.29) is 5.60 Å². The van der Waals surface area contributed by atoms with E-state index in [4.69, 9.17) is 4.74 Å². The van der Waals surface area contributed by atoms with Crippen LogP contribution in [0.5, 0.6) is 0 Å². The Morgan fingerprint density at radius 1 is 1.47 bits per heavy atom. The van der Waals surface area contributed by atoms with Crippen LogP contribution in [0.3, 0.4) is 0 Å². The molecule has 2 heterocycles. The molecular weight excluding hydrogens is 238 g/mol. The second-order valence-electron chi connectivity index (χ2n) is 5.58. The average Bonchev–Trinajstić information content (AvgIpc) is 2.85. The first-order chi connectivity index (χ1) is 9.19. The predicted molar refractivity (Wildman–Crippen MR) is 77.2 cm³/mol. The Hall–Kier alpha value is -0.870. The van der Waals surface area contributed by atoms with E-state index in [1.807, 2.05) is 17.9 Å². The normalized spacial score (nSPS) is 22.6. The first-order valence-electron chi connectivity index (χ1n) is 7.53. The van der Waals surface area contributed by atoms with Crippen LogP contribution in [0, 0.1) is 0 Å². The molecule has 1 aromatic heterocycles. The highest BCUT2D eigenvalue weighted by atomic mass is 16.5. The van der Waals surface area contributed by atoms with Gasteiger partial charge in [0.1, 0.15) is 0 Å². The summed E-state index contributed by atoms with van der Waals surface area (Å²) in [6.07, 6.45) is 7.41. The summed E-state index contributed by atoms with van der Waals surface area (Å²) in [5, 5.41) is 7.89. The fourth-order valence-electron chi connectivity index (χ4n) is 3.00. The minimum Gasteiger partial charge on any atom is -0.375 e. The molecule has 1 atom stereocenters. The number of aryl methyl sites for hydroxylation is 1. The summed E-state index contributed by atoms with van der Waals surface area (Å²) >= 11 is 0. The quantitative estimate of drug-likeness (QED) is 0.858. The fourth-order valence-corrected chi connectivity index (χ4v) is 3.00. The molecule has 1 N–H and O–H groups in total. The highest BCUT2D eigenvalue weighted by Gasteiger charge is 2.34. The van der Waals surface area contributed by atoms with Gasteiger partial charge in [0.15, 0.2) is 0 Å². The molecule has 1 aromatic rings. The molecular formula is C15H27N3O. The van der Waals surface area contributed by atoms with Crippen molar-refractivity contribution in [3.8, 4) is 0 Å². The van der Waals surface area contributed by atoms with E-state index < -0.39 is 0 Å². The van der Waals surface area contributed by atoms with Gasteiger partial charge in [-0.25, -0.2) is 0 Å². The van der Waals surface area contributed by atoms with Crippen molar-refractivity contribution in [2.24, 2.45) is 7.05 Å². The zero-order valence-corrected chi connectivity index (χ0v) is 12.5. The van der Waals surface area contributed by atoms with Crippen LogP contribution in [0.25, 0.3) is 0 Å². The minimum atomic E-state index is 0.114. The molecule has 0 radical (unpaired) electrons. The number of ether oxygens (including phenoxy) is 1. The molecule has 0 amide bonds. The summed E-state index contributed by atoms with van der Waals surface area (Å²) in [7, 11) is 2.00. The predicted octanol–water partition coefficient (Wildman–Crippen LogP) is 2.29. The Bertz CT molecular complexity index is 384. The number of nitrogens with zero attached hydrogens (tertiary/aromatic N) is 2. The Labute approximate surface area is 116 Å². The van der Waals surface area contributed by atoms with Crippen molar-refractivity contribution >= 4 is 0 Å². The molecule has 0 aromatic carbocycles. The van der Waals surface area contributed by atoms with E-state index in [1.54, 1.807) is 0 Å². The van der Waals surface area contributed by atoms with Gasteiger partial charge in [0.05, 0.1) is 5.60 Å². The van der Waals surface area contributed by atoms with E-state index in [0.717, 1.165) is 45.3 Å². The second kappa shape index (κ2) is 6.53. The summed E-state index contributed by atoms with van der Waals surface area (Å²) in [4.78, 5) is 0. The van der Waals surface area contributed by atoms with Crippen LogP contribution >= 0.6 is 0 Å². The topological polar surface area (TPSA) is 39.1 Å². The maximum atomic E-state index is 6.01. The average molecular weight is 265 g/mol. The van der Waals surface area contributed by atoms with Crippen molar-refractivity contribution in [1.82, 2.24) is 15.1 Å². The molecule has 0 bridgehead atoms. The third-order valence-electron chi connectivity index (χ3n) is 4.52. The van der Waals surface area contributed by atoms with E-state index in [2.05, 4.69) is 30.3 Å². The number of rotatable bonds is 6. The lowest BCUT2D eigenvalue weighted by molar-refractivity contribution is -0.0929. The number of hydrogen-bond donors (Lipinski definition) is 1. The zero-order chi connectivity index (χ0) is 13.7. The second-order valence-corrected chi connectivity index (χ2v) is 5.58. The van der Waals surface area contributed by atoms with Gasteiger partial charge in [-0.3, -0.25) is 4.68 Å². The van der Waals surface area contributed by atoms with Crippen LogP contribution in [0.15, 0.2) is 12.3 Å². The maximum absolute atomic E-state index is 6.01. The van der Waals surface area contributed by atoms with Crippen molar-refractivity contribution in [1.29, 1.82) is 0 Å². The molecule has 0 aliphatic carbocycles. The van der Waals surface area contributed by atoms with Crippen LogP contribution in [0.1, 0.15) is 45.2 Å². The molecule has 1 aliphatic rings. The smallest absolute Gasteiger partial charge is 0.0692 e. The fraction of sp³-hybridized carbons (Fsp3) is 0.800. The summed E-state index contributed by atoms with van der Waals surface area (Å²) in [5.74, 6) is 0. The van der Waals surface area contributed by atoms with Crippen molar-refractivity contribution < 1.29 is 4.74 Å². The highest BCUT2D eigenvalue weighted by Crippen LogP contribution is 2.31. The molecule has 1 saturated heterocycles. The summed E-state index contributed by atoms with van der Waals surface area (Å²) in [5.41, 5.74) is 1.40. The van der Waals surface area contributed by atoms with E-state index in [1.165, 1.54) is 5.69 Å². The Morgan fingerprint density at radius 3 is 2.89 bits per heavy atom. The van der Waals surface area contributed by atoms with Gasteiger partial charge in [-0.2, -0.15) is 5.10 Å². The molecule has 1 aliphatic heterocycles. The lowest BCUT2D eigenvalue weighted by Crippen LogP contribution is -2.46. The molecule has 0 spiro atoms.